The van der Waals surface area contributed by atoms with Gasteiger partial charge < -0.3 is 10.2 Å². The van der Waals surface area contributed by atoms with E-state index in [-0.39, 0.29) is 5.92 Å². The molecule has 0 saturated carbocycles. The molecule has 0 heterocycles. The van der Waals surface area contributed by atoms with Gasteiger partial charge in [0.1, 0.15) is 11.5 Å². The van der Waals surface area contributed by atoms with Crippen molar-refractivity contribution in [2.45, 2.75) is 118 Å². The van der Waals surface area contributed by atoms with E-state index in [2.05, 4.69) is 72.7 Å². The van der Waals surface area contributed by atoms with Crippen molar-refractivity contribution in [1.29, 1.82) is 0 Å². The Morgan fingerprint density at radius 2 is 1.00 bits per heavy atom. The Bertz CT molecular complexity index is 796. The van der Waals surface area contributed by atoms with E-state index in [0.29, 0.717) is 23.3 Å². The molecular formula is C30H46O2. The van der Waals surface area contributed by atoms with Crippen LogP contribution in [0.2, 0.25) is 0 Å². The fourth-order valence-electron chi connectivity index (χ4n) is 4.47. The van der Waals surface area contributed by atoms with E-state index in [0.717, 1.165) is 73.6 Å². The van der Waals surface area contributed by atoms with E-state index in [1.165, 1.54) is 11.1 Å². The average molecular weight is 439 g/mol. The normalized spacial score (nSPS) is 14.3. The molecule has 2 atom stereocenters. The Morgan fingerprint density at radius 1 is 0.625 bits per heavy atom. The van der Waals surface area contributed by atoms with E-state index in [9.17, 15) is 10.2 Å². The van der Waals surface area contributed by atoms with Crippen LogP contribution in [0.3, 0.4) is 0 Å². The number of hydrogen-bond acceptors (Lipinski definition) is 2. The first-order valence-electron chi connectivity index (χ1n) is 13.0. The molecule has 0 aromatic heterocycles. The SMILES string of the molecule is CCCCc1cc(C(C)CC)cc(C(C)c2cc(C(C)CC)cc(CCCC)c2O)c1O. The lowest BCUT2D eigenvalue weighted by atomic mass is 9.82. The van der Waals surface area contributed by atoms with Crippen molar-refractivity contribution in [3.05, 3.63) is 57.6 Å². The van der Waals surface area contributed by atoms with Gasteiger partial charge in [0.25, 0.3) is 0 Å². The summed E-state index contributed by atoms with van der Waals surface area (Å²) in [6, 6.07) is 8.78. The summed E-state index contributed by atoms with van der Waals surface area (Å²) in [6.45, 7) is 15.5. The largest absolute Gasteiger partial charge is 0.507 e. The van der Waals surface area contributed by atoms with Crippen LogP contribution in [0, 0.1) is 0 Å². The van der Waals surface area contributed by atoms with Crippen LogP contribution >= 0.6 is 0 Å². The van der Waals surface area contributed by atoms with Crippen LogP contribution in [-0.2, 0) is 12.8 Å². The molecule has 0 aliphatic carbocycles. The first kappa shape index (κ1) is 26.3. The highest BCUT2D eigenvalue weighted by Crippen LogP contribution is 2.42. The quantitative estimate of drug-likeness (QED) is 0.347. The van der Waals surface area contributed by atoms with Gasteiger partial charge in [-0.1, -0.05) is 85.6 Å². The van der Waals surface area contributed by atoms with Crippen molar-refractivity contribution in [1.82, 2.24) is 0 Å². The van der Waals surface area contributed by atoms with Crippen molar-refractivity contribution >= 4 is 0 Å². The fraction of sp³-hybridized carbons (Fsp3) is 0.600. The van der Waals surface area contributed by atoms with Gasteiger partial charge in [-0.05, 0) is 72.6 Å². The minimum absolute atomic E-state index is 0.0660. The van der Waals surface area contributed by atoms with Crippen molar-refractivity contribution in [2.24, 2.45) is 0 Å². The molecule has 2 aromatic rings. The van der Waals surface area contributed by atoms with Crippen LogP contribution in [0.15, 0.2) is 24.3 Å². The molecule has 0 aliphatic rings. The van der Waals surface area contributed by atoms with Gasteiger partial charge in [0, 0.05) is 17.0 Å². The van der Waals surface area contributed by atoms with Crippen LogP contribution in [0.4, 0.5) is 0 Å². The monoisotopic (exact) mass is 438 g/mol. The Hall–Kier alpha value is -1.96. The number of aryl methyl sites for hydroxylation is 2. The van der Waals surface area contributed by atoms with Gasteiger partial charge in [0.15, 0.2) is 0 Å². The highest BCUT2D eigenvalue weighted by molar-refractivity contribution is 5.54. The second kappa shape index (κ2) is 12.3. The number of unbranched alkanes of at least 4 members (excludes halogenated alkanes) is 2. The zero-order valence-electron chi connectivity index (χ0n) is 21.6. The highest BCUT2D eigenvalue weighted by atomic mass is 16.3. The minimum Gasteiger partial charge on any atom is -0.507 e. The van der Waals surface area contributed by atoms with Crippen LogP contribution in [0.25, 0.3) is 0 Å². The molecule has 0 fully saturated rings. The molecule has 178 valence electrons. The number of phenolic OH excluding ortho intramolecular Hbond substituents is 2. The van der Waals surface area contributed by atoms with Crippen molar-refractivity contribution in [3.8, 4) is 11.5 Å². The molecule has 32 heavy (non-hydrogen) atoms. The Labute approximate surface area is 197 Å². The molecule has 0 aliphatic heterocycles. The summed E-state index contributed by atoms with van der Waals surface area (Å²) >= 11 is 0. The van der Waals surface area contributed by atoms with Crippen molar-refractivity contribution in [3.63, 3.8) is 0 Å². The first-order valence-corrected chi connectivity index (χ1v) is 13.0. The van der Waals surface area contributed by atoms with Gasteiger partial charge >= 0.3 is 0 Å². The second-order valence-electron chi connectivity index (χ2n) is 9.78. The van der Waals surface area contributed by atoms with E-state index in [1.54, 1.807) is 0 Å². The smallest absolute Gasteiger partial charge is 0.122 e. The Kier molecular flexibility index (Phi) is 10.1. The lowest BCUT2D eigenvalue weighted by Gasteiger charge is -2.24. The predicted molar refractivity (Wildman–Crippen MR) is 138 cm³/mol. The maximum Gasteiger partial charge on any atom is 0.122 e. The van der Waals surface area contributed by atoms with Crippen molar-refractivity contribution < 1.29 is 10.2 Å². The molecule has 0 saturated heterocycles. The molecule has 2 heteroatoms. The van der Waals surface area contributed by atoms with E-state index in [1.807, 2.05) is 0 Å². The van der Waals surface area contributed by atoms with Gasteiger partial charge in [-0.3, -0.25) is 0 Å². The molecular weight excluding hydrogens is 392 g/mol. The zero-order chi connectivity index (χ0) is 23.8. The predicted octanol–water partition coefficient (Wildman–Crippen LogP) is 8.96. The topological polar surface area (TPSA) is 40.5 Å². The highest BCUT2D eigenvalue weighted by Gasteiger charge is 2.23. The number of aromatic hydroxyl groups is 2. The van der Waals surface area contributed by atoms with Gasteiger partial charge in [0.2, 0.25) is 0 Å². The minimum atomic E-state index is -0.0660. The Balaban J connectivity index is 2.64. The Morgan fingerprint density at radius 3 is 1.31 bits per heavy atom. The molecule has 2 N–H and O–H groups in total. The molecule has 2 nitrogen and oxygen atoms in total. The molecule has 0 spiro atoms. The van der Waals surface area contributed by atoms with Crippen LogP contribution < -0.4 is 0 Å². The zero-order valence-corrected chi connectivity index (χ0v) is 21.6. The summed E-state index contributed by atoms with van der Waals surface area (Å²) in [5, 5.41) is 22.5. The lowest BCUT2D eigenvalue weighted by Crippen LogP contribution is -2.06. The molecule has 2 aromatic carbocycles. The van der Waals surface area contributed by atoms with E-state index < -0.39 is 0 Å². The average Bonchev–Trinajstić information content (AvgIpc) is 2.81. The standard InChI is InChI=1S/C30H46O2/c1-8-12-14-23-16-25(20(5)10-3)18-27(29(23)31)22(7)28-19-26(21(6)11-4)17-24(30(28)32)15-13-9-2/h16-22,31-32H,8-15H2,1-7H3. The van der Waals surface area contributed by atoms with Gasteiger partial charge in [-0.2, -0.15) is 0 Å². The van der Waals surface area contributed by atoms with Crippen LogP contribution in [0.1, 0.15) is 138 Å². The summed E-state index contributed by atoms with van der Waals surface area (Å²) in [5.74, 6) is 1.66. The third-order valence-corrected chi connectivity index (χ3v) is 7.38. The number of benzene rings is 2. The molecule has 2 unspecified atom stereocenters. The summed E-state index contributed by atoms with van der Waals surface area (Å²) in [7, 11) is 0. The third-order valence-electron chi connectivity index (χ3n) is 7.38. The summed E-state index contributed by atoms with van der Waals surface area (Å²) < 4.78 is 0. The van der Waals surface area contributed by atoms with E-state index in [4.69, 9.17) is 0 Å². The maximum atomic E-state index is 11.3. The van der Waals surface area contributed by atoms with Gasteiger partial charge in [-0.25, -0.2) is 0 Å². The molecule has 0 radical (unpaired) electrons. The maximum absolute atomic E-state index is 11.3. The molecule has 2 rings (SSSR count). The van der Waals surface area contributed by atoms with E-state index >= 15 is 0 Å². The second-order valence-corrected chi connectivity index (χ2v) is 9.78. The number of rotatable bonds is 12. The molecule has 0 bridgehead atoms. The van der Waals surface area contributed by atoms with Gasteiger partial charge in [0.05, 0.1) is 0 Å². The molecule has 0 amide bonds. The first-order chi connectivity index (χ1) is 15.3. The summed E-state index contributed by atoms with van der Waals surface area (Å²) in [4.78, 5) is 0. The lowest BCUT2D eigenvalue weighted by molar-refractivity contribution is 0.447. The fourth-order valence-corrected chi connectivity index (χ4v) is 4.47. The summed E-state index contributed by atoms with van der Waals surface area (Å²) in [6.07, 6.45) is 8.29. The summed E-state index contributed by atoms with van der Waals surface area (Å²) in [5.41, 5.74) is 6.59. The van der Waals surface area contributed by atoms with Crippen LogP contribution in [0.5, 0.6) is 11.5 Å². The number of phenols is 2. The van der Waals surface area contributed by atoms with Crippen LogP contribution in [-0.4, -0.2) is 10.2 Å². The van der Waals surface area contributed by atoms with Gasteiger partial charge in [-0.15, -0.1) is 0 Å². The van der Waals surface area contributed by atoms with Crippen molar-refractivity contribution in [2.75, 3.05) is 0 Å². The third kappa shape index (κ3) is 6.09. The number of hydrogen-bond donors (Lipinski definition) is 2.